The van der Waals surface area contributed by atoms with Gasteiger partial charge in [0.15, 0.2) is 5.82 Å². The zero-order valence-electron chi connectivity index (χ0n) is 15.9. The van der Waals surface area contributed by atoms with Gasteiger partial charge in [0.2, 0.25) is 5.91 Å². The van der Waals surface area contributed by atoms with Gasteiger partial charge in [-0.15, -0.1) is 11.3 Å². The zero-order chi connectivity index (χ0) is 20.9. The number of amides is 1. The predicted octanol–water partition coefficient (Wildman–Crippen LogP) is 4.68. The van der Waals surface area contributed by atoms with Crippen LogP contribution in [0.15, 0.2) is 72.2 Å². The standard InChI is InChI=1S/C23H18FN3O2S/c24-18-9-5-15(6-10-18)12-21(29)27-23-22(20-2-1-11-30-20)26-19(13-25-23)17-7-3-16(14-28)4-8-17/h1-11,13,28H,12,14H2,(H,25,27,29). The largest absolute Gasteiger partial charge is 0.392 e. The maximum absolute atomic E-state index is 13.1. The van der Waals surface area contributed by atoms with Crippen molar-refractivity contribution in [2.75, 3.05) is 5.32 Å². The van der Waals surface area contributed by atoms with Crippen LogP contribution < -0.4 is 5.32 Å². The molecule has 0 fully saturated rings. The fraction of sp³-hybridized carbons (Fsp3) is 0.0870. The van der Waals surface area contributed by atoms with Crippen molar-refractivity contribution in [3.8, 4) is 21.8 Å². The molecule has 30 heavy (non-hydrogen) atoms. The average molecular weight is 419 g/mol. The summed E-state index contributed by atoms with van der Waals surface area (Å²) < 4.78 is 13.1. The molecule has 0 aliphatic carbocycles. The molecule has 0 bridgehead atoms. The number of halogens is 1. The van der Waals surface area contributed by atoms with Gasteiger partial charge in [-0.25, -0.2) is 14.4 Å². The molecule has 0 atom stereocenters. The molecule has 2 N–H and O–H groups in total. The minimum absolute atomic E-state index is 0.0224. The summed E-state index contributed by atoms with van der Waals surface area (Å²) in [5.41, 5.74) is 3.64. The number of nitrogens with zero attached hydrogens (tertiary/aromatic N) is 2. The van der Waals surface area contributed by atoms with Gasteiger partial charge in [-0.2, -0.15) is 0 Å². The summed E-state index contributed by atoms with van der Waals surface area (Å²) in [6.07, 6.45) is 1.72. The summed E-state index contributed by atoms with van der Waals surface area (Å²) in [5, 5.41) is 14.0. The van der Waals surface area contributed by atoms with Crippen LogP contribution in [0.3, 0.4) is 0 Å². The number of carbonyl (C=O) groups is 1. The van der Waals surface area contributed by atoms with Gasteiger partial charge in [0.05, 0.1) is 29.8 Å². The van der Waals surface area contributed by atoms with Crippen LogP contribution in [-0.2, 0) is 17.8 Å². The fourth-order valence-electron chi connectivity index (χ4n) is 2.95. The number of carbonyl (C=O) groups excluding carboxylic acids is 1. The Kier molecular flexibility index (Phi) is 5.92. The third-order valence-corrected chi connectivity index (χ3v) is 5.37. The molecule has 2 heterocycles. The fourth-order valence-corrected chi connectivity index (χ4v) is 3.66. The lowest BCUT2D eigenvalue weighted by Gasteiger charge is -2.11. The van der Waals surface area contributed by atoms with Crippen molar-refractivity contribution in [3.63, 3.8) is 0 Å². The van der Waals surface area contributed by atoms with E-state index in [0.717, 1.165) is 16.0 Å². The molecule has 0 aliphatic rings. The summed E-state index contributed by atoms with van der Waals surface area (Å²) in [6.45, 7) is -0.0224. The van der Waals surface area contributed by atoms with E-state index in [-0.39, 0.29) is 24.8 Å². The molecule has 0 unspecified atom stereocenters. The van der Waals surface area contributed by atoms with Crippen LogP contribution >= 0.6 is 11.3 Å². The van der Waals surface area contributed by atoms with Gasteiger partial charge < -0.3 is 10.4 Å². The van der Waals surface area contributed by atoms with Crippen LogP contribution in [0.25, 0.3) is 21.8 Å². The number of anilines is 1. The second-order valence-corrected chi connectivity index (χ2v) is 7.58. The molecule has 4 aromatic rings. The van der Waals surface area contributed by atoms with Crippen LogP contribution in [0.5, 0.6) is 0 Å². The summed E-state index contributed by atoms with van der Waals surface area (Å²) in [6, 6.07) is 17.1. The monoisotopic (exact) mass is 419 g/mol. The highest BCUT2D eigenvalue weighted by atomic mass is 32.1. The van der Waals surface area contributed by atoms with Crippen LogP contribution in [0, 0.1) is 5.82 Å². The van der Waals surface area contributed by atoms with E-state index in [9.17, 15) is 14.3 Å². The summed E-state index contributed by atoms with van der Waals surface area (Å²) >= 11 is 1.50. The lowest BCUT2D eigenvalue weighted by molar-refractivity contribution is -0.115. The molecule has 4 rings (SSSR count). The molecular formula is C23H18FN3O2S. The third-order valence-electron chi connectivity index (χ3n) is 4.50. The number of aliphatic hydroxyl groups excluding tert-OH is 1. The van der Waals surface area contributed by atoms with Gasteiger partial charge in [-0.3, -0.25) is 4.79 Å². The lowest BCUT2D eigenvalue weighted by atomic mass is 10.1. The van der Waals surface area contributed by atoms with E-state index in [2.05, 4.69) is 10.3 Å². The molecule has 7 heteroatoms. The van der Waals surface area contributed by atoms with Crippen molar-refractivity contribution in [3.05, 3.63) is 89.2 Å². The van der Waals surface area contributed by atoms with Crippen molar-refractivity contribution in [1.29, 1.82) is 0 Å². The zero-order valence-corrected chi connectivity index (χ0v) is 16.7. The SMILES string of the molecule is O=C(Cc1ccc(F)cc1)Nc1ncc(-c2ccc(CO)cc2)nc1-c1cccs1. The Labute approximate surface area is 176 Å². The Balaban J connectivity index is 1.62. The smallest absolute Gasteiger partial charge is 0.230 e. The van der Waals surface area contributed by atoms with Gasteiger partial charge in [-0.1, -0.05) is 42.5 Å². The molecule has 2 aromatic heterocycles. The molecule has 0 spiro atoms. The normalized spacial score (nSPS) is 10.7. The number of aliphatic hydroxyl groups is 1. The van der Waals surface area contributed by atoms with Crippen LogP contribution in [-0.4, -0.2) is 21.0 Å². The lowest BCUT2D eigenvalue weighted by Crippen LogP contribution is -2.16. The number of rotatable bonds is 6. The topological polar surface area (TPSA) is 75.1 Å². The first kappa shape index (κ1) is 19.9. The van der Waals surface area contributed by atoms with Crippen LogP contribution in [0.1, 0.15) is 11.1 Å². The molecule has 2 aromatic carbocycles. The van der Waals surface area contributed by atoms with Crippen molar-refractivity contribution in [2.45, 2.75) is 13.0 Å². The van der Waals surface area contributed by atoms with Gasteiger partial charge in [0, 0.05) is 5.56 Å². The number of hydrogen-bond donors (Lipinski definition) is 2. The van der Waals surface area contributed by atoms with Crippen LogP contribution in [0.2, 0.25) is 0 Å². The first-order valence-corrected chi connectivity index (χ1v) is 10.2. The van der Waals surface area contributed by atoms with E-state index in [4.69, 9.17) is 4.98 Å². The van der Waals surface area contributed by atoms with Gasteiger partial charge >= 0.3 is 0 Å². The number of nitrogens with one attached hydrogen (secondary N) is 1. The Morgan fingerprint density at radius 1 is 1.03 bits per heavy atom. The van der Waals surface area contributed by atoms with Gasteiger partial charge in [0.1, 0.15) is 11.5 Å². The highest BCUT2D eigenvalue weighted by Gasteiger charge is 2.15. The number of hydrogen-bond acceptors (Lipinski definition) is 5. The molecule has 0 saturated heterocycles. The quantitative estimate of drug-likeness (QED) is 0.476. The van der Waals surface area contributed by atoms with Crippen molar-refractivity contribution in [1.82, 2.24) is 9.97 Å². The minimum atomic E-state index is -0.340. The Morgan fingerprint density at radius 3 is 2.43 bits per heavy atom. The molecule has 0 aliphatic heterocycles. The predicted molar refractivity (Wildman–Crippen MR) is 115 cm³/mol. The Morgan fingerprint density at radius 2 is 1.77 bits per heavy atom. The van der Waals surface area contributed by atoms with Gasteiger partial charge in [-0.05, 0) is 34.7 Å². The third kappa shape index (κ3) is 4.59. The summed E-state index contributed by atoms with van der Waals surface area (Å²) in [4.78, 5) is 22.6. The van der Waals surface area contributed by atoms with E-state index in [1.165, 1.54) is 23.5 Å². The first-order valence-electron chi connectivity index (χ1n) is 9.28. The second kappa shape index (κ2) is 8.94. The highest BCUT2D eigenvalue weighted by molar-refractivity contribution is 7.13. The molecule has 150 valence electrons. The molecule has 0 saturated carbocycles. The summed E-state index contributed by atoms with van der Waals surface area (Å²) in [7, 11) is 0. The van der Waals surface area contributed by atoms with Crippen molar-refractivity contribution < 1.29 is 14.3 Å². The molecule has 0 radical (unpaired) electrons. The Bertz CT molecular complexity index is 1140. The highest BCUT2D eigenvalue weighted by Crippen LogP contribution is 2.31. The number of benzene rings is 2. The second-order valence-electron chi connectivity index (χ2n) is 6.64. The average Bonchev–Trinajstić information content (AvgIpc) is 3.30. The molecular weight excluding hydrogens is 401 g/mol. The van der Waals surface area contributed by atoms with E-state index in [1.807, 2.05) is 41.8 Å². The van der Waals surface area contributed by atoms with E-state index in [0.29, 0.717) is 22.8 Å². The van der Waals surface area contributed by atoms with E-state index < -0.39 is 0 Å². The molecule has 5 nitrogen and oxygen atoms in total. The maximum atomic E-state index is 13.1. The number of thiophene rings is 1. The Hall–Kier alpha value is -3.42. The molecule has 1 amide bonds. The maximum Gasteiger partial charge on any atom is 0.230 e. The summed E-state index contributed by atoms with van der Waals surface area (Å²) in [5.74, 6) is -0.221. The minimum Gasteiger partial charge on any atom is -0.392 e. The van der Waals surface area contributed by atoms with Crippen molar-refractivity contribution in [2.24, 2.45) is 0 Å². The van der Waals surface area contributed by atoms with E-state index >= 15 is 0 Å². The van der Waals surface area contributed by atoms with Gasteiger partial charge in [0.25, 0.3) is 0 Å². The van der Waals surface area contributed by atoms with Crippen molar-refractivity contribution >= 4 is 23.1 Å². The van der Waals surface area contributed by atoms with Crippen LogP contribution in [0.4, 0.5) is 10.2 Å². The number of aromatic nitrogens is 2. The van der Waals surface area contributed by atoms with E-state index in [1.54, 1.807) is 18.3 Å². The first-order chi connectivity index (χ1) is 14.6.